The van der Waals surface area contributed by atoms with Gasteiger partial charge in [0.15, 0.2) is 0 Å². The van der Waals surface area contributed by atoms with Crippen molar-refractivity contribution in [2.45, 2.75) is 25.2 Å². The van der Waals surface area contributed by atoms with Crippen molar-refractivity contribution in [1.29, 1.82) is 0 Å². The summed E-state index contributed by atoms with van der Waals surface area (Å²) in [6, 6.07) is 6.19. The van der Waals surface area contributed by atoms with Crippen molar-refractivity contribution in [2.24, 2.45) is 0 Å². The molecule has 0 heterocycles. The summed E-state index contributed by atoms with van der Waals surface area (Å²) in [6.45, 7) is 3.86. The molecule has 0 unspecified atom stereocenters. The molecular formula is C11H15NO4S. The van der Waals surface area contributed by atoms with E-state index in [1.807, 2.05) is 18.6 Å². The van der Waals surface area contributed by atoms with Crippen LogP contribution in [0.2, 0.25) is 0 Å². The molecule has 0 aliphatic carbocycles. The average Bonchev–Trinajstić information content (AvgIpc) is 2.26. The number of sulfonamides is 1. The monoisotopic (exact) mass is 257 g/mol. The minimum absolute atomic E-state index is 0.0385. The second-order valence-corrected chi connectivity index (χ2v) is 5.24. The smallest absolute Gasteiger partial charge is 0.421 e. The Morgan fingerprint density at radius 2 is 1.88 bits per heavy atom. The Morgan fingerprint density at radius 3 is 2.41 bits per heavy atom. The highest BCUT2D eigenvalue weighted by atomic mass is 32.2. The van der Waals surface area contributed by atoms with E-state index in [2.05, 4.69) is 4.74 Å². The topological polar surface area (TPSA) is 72.5 Å². The number of carbonyl (C=O) groups is 1. The minimum atomic E-state index is -3.83. The molecule has 1 aromatic carbocycles. The van der Waals surface area contributed by atoms with Gasteiger partial charge in [-0.25, -0.2) is 17.9 Å². The van der Waals surface area contributed by atoms with Crippen molar-refractivity contribution in [3.8, 4) is 0 Å². The summed E-state index contributed by atoms with van der Waals surface area (Å²) >= 11 is 0. The van der Waals surface area contributed by atoms with Gasteiger partial charge in [0.25, 0.3) is 10.0 Å². The van der Waals surface area contributed by atoms with Crippen molar-refractivity contribution in [1.82, 2.24) is 4.72 Å². The SMILES string of the molecule is CCCOC(=O)NS(=O)(=O)c1ccc(C)cc1. The molecule has 0 fully saturated rings. The zero-order valence-corrected chi connectivity index (χ0v) is 10.6. The van der Waals surface area contributed by atoms with Gasteiger partial charge in [-0.15, -0.1) is 0 Å². The number of hydrogen-bond donors (Lipinski definition) is 1. The molecule has 0 aliphatic heterocycles. The molecule has 1 aromatic rings. The highest BCUT2D eigenvalue weighted by molar-refractivity contribution is 7.90. The Balaban J connectivity index is 2.75. The molecule has 1 rings (SSSR count). The van der Waals surface area contributed by atoms with Gasteiger partial charge in [0, 0.05) is 0 Å². The quantitative estimate of drug-likeness (QED) is 0.893. The van der Waals surface area contributed by atoms with Crippen LogP contribution in [0.1, 0.15) is 18.9 Å². The molecule has 17 heavy (non-hydrogen) atoms. The van der Waals surface area contributed by atoms with E-state index in [1.165, 1.54) is 12.1 Å². The molecule has 1 amide bonds. The minimum Gasteiger partial charge on any atom is -0.449 e. The standard InChI is InChI=1S/C11H15NO4S/c1-3-8-16-11(13)12-17(14,15)10-6-4-9(2)5-7-10/h4-7H,3,8H2,1-2H3,(H,12,13). The highest BCUT2D eigenvalue weighted by Crippen LogP contribution is 2.09. The summed E-state index contributed by atoms with van der Waals surface area (Å²) in [6.07, 6.45) is -0.315. The molecule has 0 aromatic heterocycles. The second kappa shape index (κ2) is 5.67. The van der Waals surface area contributed by atoms with Gasteiger partial charge in [-0.3, -0.25) is 0 Å². The van der Waals surface area contributed by atoms with E-state index < -0.39 is 16.1 Å². The lowest BCUT2D eigenvalue weighted by atomic mass is 10.2. The molecule has 94 valence electrons. The number of carbonyl (C=O) groups excluding carboxylic acids is 1. The molecule has 0 spiro atoms. The van der Waals surface area contributed by atoms with E-state index in [1.54, 1.807) is 12.1 Å². The number of aryl methyl sites for hydroxylation is 1. The van der Waals surface area contributed by atoms with Gasteiger partial charge in [-0.1, -0.05) is 24.6 Å². The summed E-state index contributed by atoms with van der Waals surface area (Å²) < 4.78 is 29.9. The molecular weight excluding hydrogens is 242 g/mol. The largest absolute Gasteiger partial charge is 0.449 e. The molecule has 0 aliphatic rings. The van der Waals surface area contributed by atoms with Gasteiger partial charge in [0.2, 0.25) is 0 Å². The predicted molar refractivity (Wildman–Crippen MR) is 63.1 cm³/mol. The van der Waals surface area contributed by atoms with Crippen LogP contribution in [-0.2, 0) is 14.8 Å². The van der Waals surface area contributed by atoms with Crippen LogP contribution in [0.5, 0.6) is 0 Å². The molecule has 0 atom stereocenters. The van der Waals surface area contributed by atoms with Crippen molar-refractivity contribution in [3.63, 3.8) is 0 Å². The molecule has 0 radical (unpaired) electrons. The summed E-state index contributed by atoms with van der Waals surface area (Å²) in [5, 5.41) is 0. The van der Waals surface area contributed by atoms with Gasteiger partial charge >= 0.3 is 6.09 Å². The maximum Gasteiger partial charge on any atom is 0.421 e. The van der Waals surface area contributed by atoms with Crippen molar-refractivity contribution >= 4 is 16.1 Å². The molecule has 0 saturated carbocycles. The number of hydrogen-bond acceptors (Lipinski definition) is 4. The number of rotatable bonds is 4. The first-order valence-corrected chi connectivity index (χ1v) is 6.70. The zero-order valence-electron chi connectivity index (χ0n) is 9.76. The zero-order chi connectivity index (χ0) is 12.9. The van der Waals surface area contributed by atoms with Crippen LogP contribution in [0, 0.1) is 6.92 Å². The fourth-order valence-corrected chi connectivity index (χ4v) is 2.00. The Kier molecular flexibility index (Phi) is 4.51. The Bertz CT molecular complexity index is 479. The molecule has 0 bridgehead atoms. The first-order valence-electron chi connectivity index (χ1n) is 5.22. The summed E-state index contributed by atoms with van der Waals surface area (Å²) in [7, 11) is -3.83. The van der Waals surface area contributed by atoms with Crippen LogP contribution in [0.3, 0.4) is 0 Å². The van der Waals surface area contributed by atoms with Gasteiger partial charge in [0.05, 0.1) is 11.5 Å². The maximum absolute atomic E-state index is 11.7. The van der Waals surface area contributed by atoms with E-state index in [9.17, 15) is 13.2 Å². The highest BCUT2D eigenvalue weighted by Gasteiger charge is 2.17. The van der Waals surface area contributed by atoms with Gasteiger partial charge < -0.3 is 4.74 Å². The molecule has 1 N–H and O–H groups in total. The summed E-state index contributed by atoms with van der Waals surface area (Å²) in [5.41, 5.74) is 0.942. The number of ether oxygens (including phenoxy) is 1. The van der Waals surface area contributed by atoms with Gasteiger partial charge in [-0.05, 0) is 25.5 Å². The van der Waals surface area contributed by atoms with E-state index in [0.717, 1.165) is 5.56 Å². The number of benzene rings is 1. The summed E-state index contributed by atoms with van der Waals surface area (Å²) in [5.74, 6) is 0. The molecule has 0 saturated heterocycles. The lowest BCUT2D eigenvalue weighted by Gasteiger charge is -2.07. The number of nitrogens with one attached hydrogen (secondary N) is 1. The van der Waals surface area contributed by atoms with Crippen LogP contribution in [-0.4, -0.2) is 21.1 Å². The molecule has 5 nitrogen and oxygen atoms in total. The van der Waals surface area contributed by atoms with Crippen molar-refractivity contribution in [2.75, 3.05) is 6.61 Å². The lowest BCUT2D eigenvalue weighted by molar-refractivity contribution is 0.152. The van der Waals surface area contributed by atoms with E-state index in [0.29, 0.717) is 6.42 Å². The number of amides is 1. The average molecular weight is 257 g/mol. The third-order valence-corrected chi connectivity index (χ3v) is 3.31. The van der Waals surface area contributed by atoms with Crippen LogP contribution < -0.4 is 4.72 Å². The predicted octanol–water partition coefficient (Wildman–Crippen LogP) is 1.82. The first kappa shape index (κ1) is 13.5. The lowest BCUT2D eigenvalue weighted by Crippen LogP contribution is -2.31. The van der Waals surface area contributed by atoms with Crippen LogP contribution in [0.15, 0.2) is 29.2 Å². The normalized spacial score (nSPS) is 10.9. The van der Waals surface area contributed by atoms with Gasteiger partial charge in [-0.2, -0.15) is 0 Å². The fourth-order valence-electron chi connectivity index (χ4n) is 1.11. The van der Waals surface area contributed by atoms with E-state index in [-0.39, 0.29) is 11.5 Å². The van der Waals surface area contributed by atoms with Crippen molar-refractivity contribution in [3.05, 3.63) is 29.8 Å². The van der Waals surface area contributed by atoms with Crippen LogP contribution >= 0.6 is 0 Å². The van der Waals surface area contributed by atoms with E-state index >= 15 is 0 Å². The van der Waals surface area contributed by atoms with Crippen LogP contribution in [0.4, 0.5) is 4.79 Å². The Hall–Kier alpha value is -1.56. The summed E-state index contributed by atoms with van der Waals surface area (Å²) in [4.78, 5) is 11.2. The van der Waals surface area contributed by atoms with Crippen molar-refractivity contribution < 1.29 is 17.9 Å². The van der Waals surface area contributed by atoms with E-state index in [4.69, 9.17) is 0 Å². The second-order valence-electron chi connectivity index (χ2n) is 3.55. The Morgan fingerprint density at radius 1 is 1.29 bits per heavy atom. The first-order chi connectivity index (χ1) is 7.95. The maximum atomic E-state index is 11.7. The third kappa shape index (κ3) is 4.07. The fraction of sp³-hybridized carbons (Fsp3) is 0.364. The van der Waals surface area contributed by atoms with Crippen LogP contribution in [0.25, 0.3) is 0 Å². The Labute approximate surface area is 101 Å². The van der Waals surface area contributed by atoms with Gasteiger partial charge in [0.1, 0.15) is 0 Å². The molecule has 6 heteroatoms. The third-order valence-electron chi connectivity index (χ3n) is 1.99.